The zero-order valence-corrected chi connectivity index (χ0v) is 12.5. The van der Waals surface area contributed by atoms with Crippen LogP contribution in [0.25, 0.3) is 11.3 Å². The van der Waals surface area contributed by atoms with E-state index < -0.39 is 23.1 Å². The number of carbonyl (C=O) groups excluding carboxylic acids is 1. The maximum absolute atomic E-state index is 14.0. The lowest BCUT2D eigenvalue weighted by molar-refractivity contribution is 0.0996. The summed E-state index contributed by atoms with van der Waals surface area (Å²) >= 11 is 0. The van der Waals surface area contributed by atoms with Gasteiger partial charge in [0, 0.05) is 37.1 Å². The molecule has 0 atom stereocenters. The largest absolute Gasteiger partial charge is 0.454 e. The number of nitrogens with zero attached hydrogens (tertiary/aromatic N) is 3. The van der Waals surface area contributed by atoms with Crippen molar-refractivity contribution in [1.82, 2.24) is 14.8 Å². The Morgan fingerprint density at radius 2 is 2.04 bits per heavy atom. The Morgan fingerprint density at radius 1 is 1.25 bits per heavy atom. The highest BCUT2D eigenvalue weighted by molar-refractivity contribution is 5.93. The van der Waals surface area contributed by atoms with Gasteiger partial charge in [-0.25, -0.2) is 8.78 Å². The average Bonchev–Trinajstić information content (AvgIpc) is 2.97. The monoisotopic (exact) mass is 330 g/mol. The predicted molar refractivity (Wildman–Crippen MR) is 81.4 cm³/mol. The van der Waals surface area contributed by atoms with Crippen LogP contribution in [0.4, 0.5) is 8.78 Å². The van der Waals surface area contributed by atoms with Gasteiger partial charge in [0.25, 0.3) is 5.91 Å². The number of hydrogen-bond donors (Lipinski definition) is 1. The fourth-order valence-corrected chi connectivity index (χ4v) is 2.11. The van der Waals surface area contributed by atoms with Crippen molar-refractivity contribution in [2.45, 2.75) is 0 Å². The van der Waals surface area contributed by atoms with E-state index in [-0.39, 0.29) is 11.5 Å². The second kappa shape index (κ2) is 6.07. The Labute approximate surface area is 135 Å². The molecule has 0 aliphatic rings. The number of nitrogens with two attached hydrogens (primary N) is 1. The molecule has 3 rings (SSSR count). The summed E-state index contributed by atoms with van der Waals surface area (Å²) in [5, 5.41) is 4.04. The van der Waals surface area contributed by atoms with Gasteiger partial charge in [-0.2, -0.15) is 5.10 Å². The van der Waals surface area contributed by atoms with Gasteiger partial charge < -0.3 is 10.5 Å². The summed E-state index contributed by atoms with van der Waals surface area (Å²) < 4.78 is 34.7. The van der Waals surface area contributed by atoms with E-state index in [1.54, 1.807) is 30.2 Å². The summed E-state index contributed by atoms with van der Waals surface area (Å²) in [6, 6.07) is 4.55. The molecule has 122 valence electrons. The molecule has 1 amide bonds. The van der Waals surface area contributed by atoms with Crippen molar-refractivity contribution in [3.63, 3.8) is 0 Å². The third-order valence-corrected chi connectivity index (χ3v) is 3.25. The number of aromatic nitrogens is 3. The summed E-state index contributed by atoms with van der Waals surface area (Å²) in [5.41, 5.74) is 5.75. The molecule has 0 spiro atoms. The molecule has 2 heterocycles. The van der Waals surface area contributed by atoms with Gasteiger partial charge in [0.1, 0.15) is 11.6 Å². The molecule has 2 aromatic heterocycles. The first-order valence-corrected chi connectivity index (χ1v) is 6.86. The van der Waals surface area contributed by atoms with Gasteiger partial charge in [0.05, 0.1) is 17.5 Å². The number of primary amides is 1. The Balaban J connectivity index is 1.92. The first-order valence-electron chi connectivity index (χ1n) is 6.86. The number of pyridine rings is 1. The SMILES string of the molecule is Cn1cc(-c2cc(Oc3cc(F)c(C(N)=O)cc3F)ccn2)cn1. The Bertz CT molecular complexity index is 924. The smallest absolute Gasteiger partial charge is 0.251 e. The molecule has 24 heavy (non-hydrogen) atoms. The van der Waals surface area contributed by atoms with E-state index in [1.165, 1.54) is 12.3 Å². The molecule has 6 nitrogen and oxygen atoms in total. The van der Waals surface area contributed by atoms with Crippen molar-refractivity contribution in [2.75, 3.05) is 0 Å². The molecule has 0 saturated carbocycles. The molecule has 0 radical (unpaired) electrons. The van der Waals surface area contributed by atoms with Crippen LogP contribution in [0.1, 0.15) is 10.4 Å². The van der Waals surface area contributed by atoms with Crippen molar-refractivity contribution in [2.24, 2.45) is 12.8 Å². The highest BCUT2D eigenvalue weighted by atomic mass is 19.1. The highest BCUT2D eigenvalue weighted by Crippen LogP contribution is 2.29. The number of rotatable bonds is 4. The highest BCUT2D eigenvalue weighted by Gasteiger charge is 2.15. The van der Waals surface area contributed by atoms with Crippen molar-refractivity contribution < 1.29 is 18.3 Å². The minimum Gasteiger partial charge on any atom is -0.454 e. The van der Waals surface area contributed by atoms with E-state index >= 15 is 0 Å². The van der Waals surface area contributed by atoms with Gasteiger partial charge in [-0.3, -0.25) is 14.5 Å². The van der Waals surface area contributed by atoms with Crippen LogP contribution < -0.4 is 10.5 Å². The van der Waals surface area contributed by atoms with E-state index in [4.69, 9.17) is 10.5 Å². The number of aryl methyl sites for hydroxylation is 1. The third-order valence-electron chi connectivity index (χ3n) is 3.25. The third kappa shape index (κ3) is 3.07. The number of hydrogen-bond acceptors (Lipinski definition) is 4. The van der Waals surface area contributed by atoms with E-state index in [1.807, 2.05) is 0 Å². The van der Waals surface area contributed by atoms with Crippen LogP contribution >= 0.6 is 0 Å². The zero-order valence-electron chi connectivity index (χ0n) is 12.5. The van der Waals surface area contributed by atoms with Crippen LogP contribution in [0.2, 0.25) is 0 Å². The number of halogens is 2. The summed E-state index contributed by atoms with van der Waals surface area (Å²) in [5.74, 6) is -3.01. The Morgan fingerprint density at radius 3 is 2.71 bits per heavy atom. The van der Waals surface area contributed by atoms with Crippen molar-refractivity contribution >= 4 is 5.91 Å². The molecule has 0 bridgehead atoms. The summed E-state index contributed by atoms with van der Waals surface area (Å²) in [7, 11) is 1.77. The predicted octanol–water partition coefficient (Wildman–Crippen LogP) is 2.65. The number of ether oxygens (including phenoxy) is 1. The number of benzene rings is 1. The van der Waals surface area contributed by atoms with Crippen LogP contribution in [0.15, 0.2) is 42.9 Å². The van der Waals surface area contributed by atoms with E-state index in [0.29, 0.717) is 11.8 Å². The normalized spacial score (nSPS) is 10.6. The van der Waals surface area contributed by atoms with Crippen molar-refractivity contribution in [3.05, 3.63) is 60.1 Å². The number of amides is 1. The minimum absolute atomic E-state index is 0.258. The standard InChI is InChI=1S/C16H12F2N4O2/c1-22-8-9(7-21-22)14-4-10(2-3-20-14)24-15-6-12(17)11(16(19)23)5-13(15)18/h2-8H,1H3,(H2,19,23). The van der Waals surface area contributed by atoms with Gasteiger partial charge in [0.2, 0.25) is 0 Å². The fourth-order valence-electron chi connectivity index (χ4n) is 2.11. The molecule has 0 unspecified atom stereocenters. The fraction of sp³-hybridized carbons (Fsp3) is 0.0625. The van der Waals surface area contributed by atoms with Crippen LogP contribution in [0.5, 0.6) is 11.5 Å². The van der Waals surface area contributed by atoms with E-state index in [0.717, 1.165) is 11.6 Å². The maximum Gasteiger partial charge on any atom is 0.251 e. The minimum atomic E-state index is -1.05. The summed E-state index contributed by atoms with van der Waals surface area (Å²) in [6.07, 6.45) is 4.85. The first-order chi connectivity index (χ1) is 11.4. The molecule has 0 aliphatic carbocycles. The molecule has 1 aromatic carbocycles. The average molecular weight is 330 g/mol. The lowest BCUT2D eigenvalue weighted by atomic mass is 10.2. The maximum atomic E-state index is 14.0. The van der Waals surface area contributed by atoms with Crippen LogP contribution in [0.3, 0.4) is 0 Å². The molecular formula is C16H12F2N4O2. The molecular weight excluding hydrogens is 318 g/mol. The molecule has 0 fully saturated rings. The van der Waals surface area contributed by atoms with Crippen molar-refractivity contribution in [3.8, 4) is 22.8 Å². The Kier molecular flexibility index (Phi) is 3.95. The van der Waals surface area contributed by atoms with Crippen molar-refractivity contribution in [1.29, 1.82) is 0 Å². The second-order valence-corrected chi connectivity index (χ2v) is 5.01. The topological polar surface area (TPSA) is 83.0 Å². The Hall–Kier alpha value is -3.29. The number of carbonyl (C=O) groups is 1. The lowest BCUT2D eigenvalue weighted by Gasteiger charge is -2.09. The van der Waals surface area contributed by atoms with Gasteiger partial charge in [0.15, 0.2) is 11.6 Å². The van der Waals surface area contributed by atoms with E-state index in [2.05, 4.69) is 10.1 Å². The molecule has 3 aromatic rings. The van der Waals surface area contributed by atoms with Gasteiger partial charge in [-0.05, 0) is 12.1 Å². The molecule has 8 heteroatoms. The van der Waals surface area contributed by atoms with Crippen LogP contribution in [-0.4, -0.2) is 20.7 Å². The van der Waals surface area contributed by atoms with Gasteiger partial charge in [-0.1, -0.05) is 0 Å². The molecule has 0 aliphatic heterocycles. The second-order valence-electron chi connectivity index (χ2n) is 5.01. The molecule has 0 saturated heterocycles. The van der Waals surface area contributed by atoms with Gasteiger partial charge >= 0.3 is 0 Å². The summed E-state index contributed by atoms with van der Waals surface area (Å²) in [6.45, 7) is 0. The van der Waals surface area contributed by atoms with Crippen LogP contribution in [0, 0.1) is 11.6 Å². The first kappa shape index (κ1) is 15.6. The van der Waals surface area contributed by atoms with Crippen LogP contribution in [-0.2, 0) is 7.05 Å². The zero-order chi connectivity index (χ0) is 17.3. The van der Waals surface area contributed by atoms with Gasteiger partial charge in [-0.15, -0.1) is 0 Å². The molecule has 2 N–H and O–H groups in total. The van der Waals surface area contributed by atoms with E-state index in [9.17, 15) is 13.6 Å². The quantitative estimate of drug-likeness (QED) is 0.797. The lowest BCUT2D eigenvalue weighted by Crippen LogP contribution is -2.13. The summed E-state index contributed by atoms with van der Waals surface area (Å²) in [4.78, 5) is 15.2.